The van der Waals surface area contributed by atoms with Crippen molar-refractivity contribution in [3.63, 3.8) is 0 Å². The van der Waals surface area contributed by atoms with Crippen LogP contribution in [-0.4, -0.2) is 0 Å². The zero-order valence-corrected chi connectivity index (χ0v) is 12.3. The standard InChI is InChI=1S/C10H9.2ClH.Hf/c1-8-4-2-5-9-6-3-7-10(8)9;;;/h2-7H,1H3;2*1H;/q;;;+2/p-2. The van der Waals surface area contributed by atoms with Crippen LogP contribution in [0.5, 0.6) is 0 Å². The van der Waals surface area contributed by atoms with E-state index in [0.29, 0.717) is 0 Å². The largest absolute Gasteiger partial charge is 1.00 e. The fourth-order valence-corrected chi connectivity index (χ4v) is 2.75. The third-order valence-electron chi connectivity index (χ3n) is 2.15. The van der Waals surface area contributed by atoms with Crippen molar-refractivity contribution in [3.05, 3.63) is 41.0 Å². The molecule has 67 valence electrons. The molecule has 0 saturated carbocycles. The average molecular weight is 379 g/mol. The van der Waals surface area contributed by atoms with Crippen LogP contribution in [0.4, 0.5) is 0 Å². The van der Waals surface area contributed by atoms with Gasteiger partial charge in [0.25, 0.3) is 0 Å². The molecule has 0 spiro atoms. The molecule has 0 N–H and O–H groups in total. The van der Waals surface area contributed by atoms with Gasteiger partial charge >= 0.3 is 82.0 Å². The van der Waals surface area contributed by atoms with Gasteiger partial charge in [-0.15, -0.1) is 0 Å². The Bertz CT molecular complexity index is 321. The van der Waals surface area contributed by atoms with E-state index >= 15 is 0 Å². The predicted octanol–water partition coefficient (Wildman–Crippen LogP) is -3.38. The molecular weight excluding hydrogens is 370 g/mol. The van der Waals surface area contributed by atoms with Gasteiger partial charge in [-0.3, -0.25) is 0 Å². The molecule has 1 aromatic carbocycles. The van der Waals surface area contributed by atoms with Gasteiger partial charge in [0, 0.05) is 0 Å². The van der Waals surface area contributed by atoms with Crippen LogP contribution in [0.2, 0.25) is 0 Å². The zero-order valence-electron chi connectivity index (χ0n) is 7.22. The van der Waals surface area contributed by atoms with Gasteiger partial charge in [-0.05, 0) is 0 Å². The van der Waals surface area contributed by atoms with Crippen LogP contribution in [0.25, 0.3) is 6.08 Å². The van der Waals surface area contributed by atoms with Crippen LogP contribution in [-0.2, 0) is 24.4 Å². The molecule has 0 aromatic heterocycles. The summed E-state index contributed by atoms with van der Waals surface area (Å²) >= 11 is 1.24. The van der Waals surface area contributed by atoms with E-state index in [0.717, 1.165) is 3.67 Å². The van der Waals surface area contributed by atoms with Crippen molar-refractivity contribution in [2.45, 2.75) is 10.6 Å². The van der Waals surface area contributed by atoms with E-state index in [1.54, 1.807) is 0 Å². The minimum atomic E-state index is 0. The van der Waals surface area contributed by atoms with Crippen LogP contribution < -0.4 is 24.8 Å². The molecule has 0 amide bonds. The Hall–Kier alpha value is 0.410. The molecule has 1 unspecified atom stereocenters. The van der Waals surface area contributed by atoms with Crippen molar-refractivity contribution in [1.82, 2.24) is 0 Å². The first-order valence-corrected chi connectivity index (χ1v) is 5.85. The Morgan fingerprint density at radius 3 is 2.54 bits per heavy atom. The summed E-state index contributed by atoms with van der Waals surface area (Å²) in [5.41, 5.74) is 4.42. The average Bonchev–Trinajstić information content (AvgIpc) is 2.35. The number of rotatable bonds is 0. The van der Waals surface area contributed by atoms with E-state index in [1.165, 1.54) is 41.1 Å². The number of allylic oxidation sites excluding steroid dienone is 1. The van der Waals surface area contributed by atoms with E-state index < -0.39 is 0 Å². The second-order valence-electron chi connectivity index (χ2n) is 2.91. The van der Waals surface area contributed by atoms with Gasteiger partial charge < -0.3 is 24.8 Å². The molecular formula is C10H9Cl2Hf. The fraction of sp³-hybridized carbons (Fsp3) is 0.200. The maximum absolute atomic E-state index is 2.32. The molecule has 2 rings (SSSR count). The number of fused-ring (bicyclic) bond motifs is 1. The van der Waals surface area contributed by atoms with E-state index in [2.05, 4.69) is 37.3 Å². The molecule has 0 fully saturated rings. The monoisotopic (exact) mass is 379 g/mol. The molecule has 3 heteroatoms. The number of hydrogen-bond acceptors (Lipinski definition) is 0. The third-order valence-corrected chi connectivity index (χ3v) is 3.96. The van der Waals surface area contributed by atoms with E-state index in [4.69, 9.17) is 0 Å². The molecule has 13 heavy (non-hydrogen) atoms. The SMILES string of the molecule is Cc1cccc2c1C=C[CH]2[Hf+2].[Cl-].[Cl-]. The smallest absolute Gasteiger partial charge is 1.00 e. The molecule has 0 heterocycles. The van der Waals surface area contributed by atoms with Crippen molar-refractivity contribution < 1.29 is 49.2 Å². The second-order valence-corrected chi connectivity index (χ2v) is 5.15. The summed E-state index contributed by atoms with van der Waals surface area (Å²) in [6.45, 7) is 2.18. The zero-order chi connectivity index (χ0) is 7.84. The Morgan fingerprint density at radius 2 is 1.92 bits per heavy atom. The minimum Gasteiger partial charge on any atom is -1.00 e. The fourth-order valence-electron chi connectivity index (χ4n) is 1.50. The summed E-state index contributed by atoms with van der Waals surface area (Å²) in [6, 6.07) is 6.59. The van der Waals surface area contributed by atoms with Crippen LogP contribution in [0.3, 0.4) is 0 Å². The topological polar surface area (TPSA) is 0 Å². The Morgan fingerprint density at radius 1 is 1.23 bits per heavy atom. The molecule has 0 bridgehead atoms. The van der Waals surface area contributed by atoms with Crippen LogP contribution in [0.15, 0.2) is 24.3 Å². The summed E-state index contributed by atoms with van der Waals surface area (Å²) in [5.74, 6) is 0. The van der Waals surface area contributed by atoms with Crippen LogP contribution >= 0.6 is 0 Å². The number of hydrogen-bond donors (Lipinski definition) is 0. The molecule has 1 atom stereocenters. The Balaban J connectivity index is 0.000000720. The van der Waals surface area contributed by atoms with Gasteiger partial charge in [0.2, 0.25) is 0 Å². The summed E-state index contributed by atoms with van der Waals surface area (Å²) < 4.78 is 0.755. The Kier molecular flexibility index (Phi) is 5.50. The van der Waals surface area contributed by atoms with Crippen molar-refractivity contribution in [1.29, 1.82) is 0 Å². The number of benzene rings is 1. The second kappa shape index (κ2) is 5.33. The molecule has 0 saturated heterocycles. The normalized spacial score (nSPS) is 17.3. The van der Waals surface area contributed by atoms with Crippen molar-refractivity contribution >= 4 is 6.08 Å². The molecule has 0 radical (unpaired) electrons. The van der Waals surface area contributed by atoms with Gasteiger partial charge in [-0.25, -0.2) is 0 Å². The van der Waals surface area contributed by atoms with E-state index in [9.17, 15) is 0 Å². The summed E-state index contributed by atoms with van der Waals surface area (Å²) in [6.07, 6.45) is 4.59. The summed E-state index contributed by atoms with van der Waals surface area (Å²) in [4.78, 5) is 0. The molecule has 1 aliphatic rings. The number of aryl methyl sites for hydroxylation is 1. The Labute approximate surface area is 106 Å². The first kappa shape index (κ1) is 13.4. The molecule has 1 aromatic rings. The van der Waals surface area contributed by atoms with Crippen LogP contribution in [0, 0.1) is 6.92 Å². The first-order chi connectivity index (χ1) is 5.29. The van der Waals surface area contributed by atoms with Crippen molar-refractivity contribution in [3.8, 4) is 0 Å². The number of halogens is 2. The van der Waals surface area contributed by atoms with Crippen LogP contribution in [0.1, 0.15) is 20.4 Å². The predicted molar refractivity (Wildman–Crippen MR) is 43.0 cm³/mol. The maximum Gasteiger partial charge on any atom is -1.00 e. The van der Waals surface area contributed by atoms with Gasteiger partial charge in [0.1, 0.15) is 0 Å². The minimum absolute atomic E-state index is 0. The van der Waals surface area contributed by atoms with Gasteiger partial charge in [-0.2, -0.15) is 0 Å². The summed E-state index contributed by atoms with van der Waals surface area (Å²) in [7, 11) is 0. The first-order valence-electron chi connectivity index (χ1n) is 3.78. The van der Waals surface area contributed by atoms with E-state index in [1.807, 2.05) is 0 Å². The third kappa shape index (κ3) is 2.45. The van der Waals surface area contributed by atoms with Gasteiger partial charge in [0.05, 0.1) is 0 Å². The van der Waals surface area contributed by atoms with Crippen molar-refractivity contribution in [2.75, 3.05) is 0 Å². The molecule has 0 aliphatic heterocycles. The molecule has 1 aliphatic carbocycles. The van der Waals surface area contributed by atoms with Crippen molar-refractivity contribution in [2.24, 2.45) is 0 Å². The van der Waals surface area contributed by atoms with E-state index in [-0.39, 0.29) is 24.8 Å². The maximum atomic E-state index is 2.32. The van der Waals surface area contributed by atoms with Gasteiger partial charge in [0.15, 0.2) is 0 Å². The van der Waals surface area contributed by atoms with Gasteiger partial charge in [-0.1, -0.05) is 0 Å². The quantitative estimate of drug-likeness (QED) is 0.414. The molecule has 0 nitrogen and oxygen atoms in total. The summed E-state index contributed by atoms with van der Waals surface area (Å²) in [5, 5.41) is 0.